The number of piperazine rings is 2. The number of hydrogen-bond acceptors (Lipinski definition) is 6. The van der Waals surface area contributed by atoms with Crippen LogP contribution in [0.1, 0.15) is 46.0 Å². The molecule has 3 aliphatic rings. The summed E-state index contributed by atoms with van der Waals surface area (Å²) < 4.78 is 0. The van der Waals surface area contributed by atoms with Crippen LogP contribution in [0.3, 0.4) is 0 Å². The number of nitrogens with zero attached hydrogens (tertiary/aromatic N) is 6. The minimum Gasteiger partial charge on any atom is -0.346 e. The van der Waals surface area contributed by atoms with Gasteiger partial charge in [-0.15, -0.1) is 0 Å². The minimum atomic E-state index is 0.0892. The first kappa shape index (κ1) is 29.5. The molecule has 202 valence electrons. The van der Waals surface area contributed by atoms with Gasteiger partial charge in [0.05, 0.1) is 6.54 Å². The summed E-state index contributed by atoms with van der Waals surface area (Å²) in [5.41, 5.74) is 0. The number of amides is 3. The van der Waals surface area contributed by atoms with Crippen molar-refractivity contribution in [3.63, 3.8) is 0 Å². The molecule has 3 rings (SSSR count). The molecule has 3 fully saturated rings. The third-order valence-electron chi connectivity index (χ3n) is 7.62. The summed E-state index contributed by atoms with van der Waals surface area (Å²) >= 11 is 0. The van der Waals surface area contributed by atoms with Crippen molar-refractivity contribution >= 4 is 17.7 Å². The number of rotatable bonds is 7. The number of likely N-dealkylation sites (tertiary alicyclic amines) is 1. The molecule has 35 heavy (non-hydrogen) atoms. The Balaban J connectivity index is 0.000000247. The van der Waals surface area contributed by atoms with E-state index in [-0.39, 0.29) is 11.8 Å². The van der Waals surface area contributed by atoms with Gasteiger partial charge in [0.2, 0.25) is 17.7 Å². The molecule has 0 unspecified atom stereocenters. The number of likely N-dealkylation sites (N-methyl/N-ethyl adjacent to an activating group) is 2. The predicted molar refractivity (Wildman–Crippen MR) is 140 cm³/mol. The van der Waals surface area contributed by atoms with Gasteiger partial charge in [0.25, 0.3) is 0 Å². The summed E-state index contributed by atoms with van der Waals surface area (Å²) in [7, 11) is 6.05. The van der Waals surface area contributed by atoms with Crippen LogP contribution in [0.2, 0.25) is 0 Å². The van der Waals surface area contributed by atoms with Crippen LogP contribution in [0.5, 0.6) is 0 Å². The largest absolute Gasteiger partial charge is 0.346 e. The SMILES string of the molecule is CC(=O)N(C)CCCCC(=O)N1CCC(C)CC1.CN1CCN(CC(=O)N2CCN(C)CC2)CC1. The Labute approximate surface area is 213 Å². The van der Waals surface area contributed by atoms with E-state index in [2.05, 4.69) is 35.7 Å². The van der Waals surface area contributed by atoms with Crippen molar-refractivity contribution in [2.24, 2.45) is 5.92 Å². The summed E-state index contributed by atoms with van der Waals surface area (Å²) in [6.07, 6.45) is 4.69. The predicted octanol–water partition coefficient (Wildman–Crippen LogP) is 0.901. The highest BCUT2D eigenvalue weighted by atomic mass is 16.2. The lowest BCUT2D eigenvalue weighted by Crippen LogP contribution is -2.52. The number of unbranched alkanes of at least 4 members (excludes halogenated alkanes) is 1. The number of carbonyl (C=O) groups excluding carboxylic acids is 3. The first-order valence-corrected chi connectivity index (χ1v) is 13.5. The van der Waals surface area contributed by atoms with Gasteiger partial charge in [-0.2, -0.15) is 0 Å². The molecule has 0 saturated carbocycles. The average molecular weight is 495 g/mol. The fourth-order valence-electron chi connectivity index (χ4n) is 4.55. The Morgan fingerprint density at radius 1 is 0.743 bits per heavy atom. The molecular weight excluding hydrogens is 444 g/mol. The lowest BCUT2D eigenvalue weighted by atomic mass is 9.99. The van der Waals surface area contributed by atoms with Crippen LogP contribution in [0.15, 0.2) is 0 Å². The molecule has 0 radical (unpaired) electrons. The van der Waals surface area contributed by atoms with Crippen LogP contribution < -0.4 is 0 Å². The lowest BCUT2D eigenvalue weighted by Gasteiger charge is -2.36. The highest BCUT2D eigenvalue weighted by molar-refractivity contribution is 5.78. The van der Waals surface area contributed by atoms with Gasteiger partial charge in [0.1, 0.15) is 0 Å². The molecule has 0 bridgehead atoms. The zero-order chi connectivity index (χ0) is 25.8. The average Bonchev–Trinajstić information content (AvgIpc) is 2.84. The Bertz CT molecular complexity index is 651. The van der Waals surface area contributed by atoms with E-state index in [0.29, 0.717) is 18.9 Å². The van der Waals surface area contributed by atoms with E-state index in [4.69, 9.17) is 0 Å². The third kappa shape index (κ3) is 11.3. The summed E-state index contributed by atoms with van der Waals surface area (Å²) in [4.78, 5) is 47.6. The van der Waals surface area contributed by atoms with Crippen molar-refractivity contribution in [3.05, 3.63) is 0 Å². The van der Waals surface area contributed by atoms with Gasteiger partial charge in [0.15, 0.2) is 0 Å². The van der Waals surface area contributed by atoms with Crippen LogP contribution in [0.25, 0.3) is 0 Å². The van der Waals surface area contributed by atoms with Crippen LogP contribution in [0, 0.1) is 5.92 Å². The fraction of sp³-hybridized carbons (Fsp3) is 0.885. The Kier molecular flexibility index (Phi) is 13.0. The van der Waals surface area contributed by atoms with Gasteiger partial charge in [-0.25, -0.2) is 0 Å². The van der Waals surface area contributed by atoms with E-state index >= 15 is 0 Å². The molecule has 0 aliphatic carbocycles. The van der Waals surface area contributed by atoms with Gasteiger partial charge in [-0.1, -0.05) is 6.92 Å². The molecule has 3 heterocycles. The van der Waals surface area contributed by atoms with E-state index in [9.17, 15) is 14.4 Å². The number of carbonyl (C=O) groups is 3. The van der Waals surface area contributed by atoms with E-state index in [1.807, 2.05) is 9.80 Å². The van der Waals surface area contributed by atoms with Crippen molar-refractivity contribution < 1.29 is 14.4 Å². The quantitative estimate of drug-likeness (QED) is 0.490. The molecule has 3 aliphatic heterocycles. The molecule has 9 heteroatoms. The second-order valence-corrected chi connectivity index (χ2v) is 10.7. The van der Waals surface area contributed by atoms with Crippen molar-refractivity contribution in [3.8, 4) is 0 Å². The van der Waals surface area contributed by atoms with Gasteiger partial charge >= 0.3 is 0 Å². The number of piperidine rings is 1. The normalized spacial score (nSPS) is 20.8. The van der Waals surface area contributed by atoms with Crippen molar-refractivity contribution in [1.82, 2.24) is 29.4 Å². The maximum Gasteiger partial charge on any atom is 0.236 e. The second kappa shape index (κ2) is 15.4. The first-order chi connectivity index (χ1) is 16.7. The van der Waals surface area contributed by atoms with Gasteiger partial charge in [-0.3, -0.25) is 19.3 Å². The van der Waals surface area contributed by atoms with E-state index < -0.39 is 0 Å². The second-order valence-electron chi connectivity index (χ2n) is 10.7. The zero-order valence-corrected chi connectivity index (χ0v) is 23.0. The van der Waals surface area contributed by atoms with Crippen LogP contribution in [-0.2, 0) is 14.4 Å². The van der Waals surface area contributed by atoms with Crippen LogP contribution in [0.4, 0.5) is 0 Å². The molecule has 3 amide bonds. The third-order valence-corrected chi connectivity index (χ3v) is 7.62. The number of hydrogen-bond donors (Lipinski definition) is 0. The molecule has 0 aromatic heterocycles. The Morgan fingerprint density at radius 3 is 1.80 bits per heavy atom. The summed E-state index contributed by atoms with van der Waals surface area (Å²) in [6, 6.07) is 0. The molecule has 0 atom stereocenters. The van der Waals surface area contributed by atoms with Crippen molar-refractivity contribution in [2.75, 3.05) is 99.7 Å². The molecule has 0 N–H and O–H groups in total. The first-order valence-electron chi connectivity index (χ1n) is 13.5. The maximum atomic E-state index is 12.1. The summed E-state index contributed by atoms with van der Waals surface area (Å²) in [5, 5.41) is 0. The van der Waals surface area contributed by atoms with E-state index in [0.717, 1.165) is 104 Å². The maximum absolute atomic E-state index is 12.1. The molecule has 3 saturated heterocycles. The molecule has 0 spiro atoms. The van der Waals surface area contributed by atoms with E-state index in [1.165, 1.54) is 0 Å². The molecule has 0 aromatic carbocycles. The van der Waals surface area contributed by atoms with Crippen LogP contribution in [-0.4, -0.2) is 147 Å². The Hall–Kier alpha value is -1.71. The topological polar surface area (TPSA) is 70.7 Å². The summed E-state index contributed by atoms with van der Waals surface area (Å²) in [6.45, 7) is 15.0. The lowest BCUT2D eigenvalue weighted by molar-refractivity contribution is -0.134. The van der Waals surface area contributed by atoms with Crippen LogP contribution >= 0.6 is 0 Å². The minimum absolute atomic E-state index is 0.0892. The van der Waals surface area contributed by atoms with E-state index in [1.54, 1.807) is 18.9 Å². The zero-order valence-electron chi connectivity index (χ0n) is 23.0. The van der Waals surface area contributed by atoms with Gasteiger partial charge < -0.3 is 24.5 Å². The fourth-order valence-corrected chi connectivity index (χ4v) is 4.55. The monoisotopic (exact) mass is 494 g/mol. The summed E-state index contributed by atoms with van der Waals surface area (Å²) in [5.74, 6) is 1.44. The molecule has 9 nitrogen and oxygen atoms in total. The van der Waals surface area contributed by atoms with Crippen molar-refractivity contribution in [2.45, 2.75) is 46.0 Å². The Morgan fingerprint density at radius 2 is 1.26 bits per heavy atom. The van der Waals surface area contributed by atoms with Gasteiger partial charge in [-0.05, 0) is 45.7 Å². The smallest absolute Gasteiger partial charge is 0.236 e. The molecular formula is C26H50N6O3. The standard InChI is InChI=1S/C14H26N2O2.C12H24N4O/c1-12-7-10-16(11-8-12)14(18)6-4-5-9-15(3)13(2)17;1-13-3-7-15(8-4-13)11-12(17)16-9-5-14(2)6-10-16/h12H,4-11H2,1-3H3;3-11H2,1-2H3. The highest BCUT2D eigenvalue weighted by Crippen LogP contribution is 2.17. The van der Waals surface area contributed by atoms with Crippen molar-refractivity contribution in [1.29, 1.82) is 0 Å². The highest BCUT2D eigenvalue weighted by Gasteiger charge is 2.23. The van der Waals surface area contributed by atoms with Gasteiger partial charge in [0, 0.05) is 92.4 Å². The molecule has 0 aromatic rings.